The lowest BCUT2D eigenvalue weighted by Crippen LogP contribution is -2.67. The normalized spacial score (nSPS) is 27.7. The van der Waals surface area contributed by atoms with E-state index in [4.69, 9.17) is 4.74 Å². The predicted molar refractivity (Wildman–Crippen MR) is 73.0 cm³/mol. The maximum Gasteiger partial charge on any atom is 0.268 e. The molecule has 0 aromatic carbocycles. The summed E-state index contributed by atoms with van der Waals surface area (Å²) >= 11 is 0. The summed E-state index contributed by atoms with van der Waals surface area (Å²) in [7, 11) is 1.90. The molecule has 0 radical (unpaired) electrons. The molecule has 3 rings (SSSR count). The van der Waals surface area contributed by atoms with Gasteiger partial charge in [0.1, 0.15) is 5.69 Å². The van der Waals surface area contributed by atoms with E-state index in [1.54, 1.807) is 0 Å². The van der Waals surface area contributed by atoms with Crippen molar-refractivity contribution in [3.8, 4) is 0 Å². The van der Waals surface area contributed by atoms with Crippen LogP contribution >= 0.6 is 0 Å². The number of ether oxygens (including phenoxy) is 1. The van der Waals surface area contributed by atoms with Gasteiger partial charge in [-0.3, -0.25) is 4.79 Å². The molecule has 0 bridgehead atoms. The van der Waals surface area contributed by atoms with E-state index in [2.05, 4.69) is 5.32 Å². The zero-order chi connectivity index (χ0) is 13.5. The third-order valence-corrected chi connectivity index (χ3v) is 4.92. The second-order valence-corrected chi connectivity index (χ2v) is 5.80. The molecule has 2 fully saturated rings. The minimum atomic E-state index is 0.0405. The number of hydrogen-bond donors (Lipinski definition) is 1. The minimum absolute atomic E-state index is 0.0405. The number of nitrogens with zero attached hydrogens (tertiary/aromatic N) is 1. The molecule has 4 heteroatoms. The number of rotatable bonds is 4. The van der Waals surface area contributed by atoms with E-state index in [1.165, 1.54) is 19.3 Å². The maximum absolute atomic E-state index is 12.2. The molecule has 19 heavy (non-hydrogen) atoms. The lowest BCUT2D eigenvalue weighted by molar-refractivity contribution is -0.169. The van der Waals surface area contributed by atoms with Crippen LogP contribution in [0.1, 0.15) is 43.1 Å². The summed E-state index contributed by atoms with van der Waals surface area (Å²) < 4.78 is 7.67. The molecule has 1 aromatic heterocycles. The highest BCUT2D eigenvalue weighted by Gasteiger charge is 2.59. The number of hydrogen-bond acceptors (Lipinski definition) is 2. The van der Waals surface area contributed by atoms with Gasteiger partial charge in [-0.2, -0.15) is 0 Å². The van der Waals surface area contributed by atoms with E-state index in [1.807, 2.05) is 36.9 Å². The van der Waals surface area contributed by atoms with E-state index in [-0.39, 0.29) is 11.3 Å². The molecule has 2 aliphatic rings. The fourth-order valence-electron chi connectivity index (χ4n) is 3.57. The Kier molecular flexibility index (Phi) is 3.13. The smallest absolute Gasteiger partial charge is 0.268 e. The Labute approximate surface area is 114 Å². The highest BCUT2D eigenvalue weighted by Crippen LogP contribution is 2.57. The molecule has 104 valence electrons. The van der Waals surface area contributed by atoms with Crippen LogP contribution in [0.5, 0.6) is 0 Å². The zero-order valence-electron chi connectivity index (χ0n) is 11.7. The fourth-order valence-corrected chi connectivity index (χ4v) is 3.57. The first kappa shape index (κ1) is 12.7. The standard InChI is InChI=1S/C15H22N2O2/c1-3-19-13-10-12(15(13)7-5-8-15)16-14(18)11-6-4-9-17(11)2/h4,6,9,12-13H,3,5,7-8,10H2,1-2H3,(H,16,18)/t12-,13+/m1/s1. The number of amides is 1. The van der Waals surface area contributed by atoms with Crippen LogP contribution in [0.15, 0.2) is 18.3 Å². The monoisotopic (exact) mass is 262 g/mol. The van der Waals surface area contributed by atoms with Gasteiger partial charge in [0.2, 0.25) is 0 Å². The molecule has 1 heterocycles. The van der Waals surface area contributed by atoms with E-state index in [0.29, 0.717) is 12.1 Å². The van der Waals surface area contributed by atoms with Crippen molar-refractivity contribution >= 4 is 5.91 Å². The predicted octanol–water partition coefficient (Wildman–Crippen LogP) is 2.10. The number of carbonyl (C=O) groups excluding carboxylic acids is 1. The topological polar surface area (TPSA) is 43.3 Å². The maximum atomic E-state index is 12.2. The first-order valence-electron chi connectivity index (χ1n) is 7.21. The van der Waals surface area contributed by atoms with Crippen molar-refractivity contribution in [1.29, 1.82) is 0 Å². The van der Waals surface area contributed by atoms with Gasteiger partial charge in [-0.05, 0) is 38.3 Å². The molecule has 1 N–H and O–H groups in total. The number of nitrogens with one attached hydrogen (secondary N) is 1. The molecule has 4 nitrogen and oxygen atoms in total. The molecule has 0 unspecified atom stereocenters. The summed E-state index contributed by atoms with van der Waals surface area (Å²) in [5, 5.41) is 3.20. The second-order valence-electron chi connectivity index (χ2n) is 5.80. The third-order valence-electron chi connectivity index (χ3n) is 4.92. The summed E-state index contributed by atoms with van der Waals surface area (Å²) in [6.07, 6.45) is 6.86. The largest absolute Gasteiger partial charge is 0.378 e. The average molecular weight is 262 g/mol. The first-order chi connectivity index (χ1) is 9.17. The van der Waals surface area contributed by atoms with Crippen LogP contribution < -0.4 is 5.32 Å². The van der Waals surface area contributed by atoms with Gasteiger partial charge in [0.05, 0.1) is 6.10 Å². The van der Waals surface area contributed by atoms with Crippen LogP contribution in [-0.2, 0) is 11.8 Å². The Morgan fingerprint density at radius 1 is 1.58 bits per heavy atom. The Balaban J connectivity index is 1.65. The molecular formula is C15H22N2O2. The molecule has 2 saturated carbocycles. The minimum Gasteiger partial charge on any atom is -0.378 e. The number of carbonyl (C=O) groups is 1. The van der Waals surface area contributed by atoms with Gasteiger partial charge in [0.15, 0.2) is 0 Å². The van der Waals surface area contributed by atoms with Crippen LogP contribution in [0.2, 0.25) is 0 Å². The number of aryl methyl sites for hydroxylation is 1. The molecule has 0 aliphatic heterocycles. The van der Waals surface area contributed by atoms with Crippen molar-refractivity contribution in [3.63, 3.8) is 0 Å². The summed E-state index contributed by atoms with van der Waals surface area (Å²) in [6, 6.07) is 4.06. The first-order valence-corrected chi connectivity index (χ1v) is 7.21. The fraction of sp³-hybridized carbons (Fsp3) is 0.667. The quantitative estimate of drug-likeness (QED) is 0.903. The Morgan fingerprint density at radius 2 is 2.37 bits per heavy atom. The summed E-state index contributed by atoms with van der Waals surface area (Å²) in [5.41, 5.74) is 0.964. The second kappa shape index (κ2) is 4.67. The van der Waals surface area contributed by atoms with Crippen molar-refractivity contribution in [1.82, 2.24) is 9.88 Å². The van der Waals surface area contributed by atoms with Gasteiger partial charge >= 0.3 is 0 Å². The van der Waals surface area contributed by atoms with E-state index in [9.17, 15) is 4.79 Å². The van der Waals surface area contributed by atoms with Crippen LogP contribution in [0.3, 0.4) is 0 Å². The van der Waals surface area contributed by atoms with Gasteiger partial charge in [0.25, 0.3) is 5.91 Å². The van der Waals surface area contributed by atoms with Gasteiger partial charge in [-0.1, -0.05) is 6.42 Å². The Morgan fingerprint density at radius 3 is 2.89 bits per heavy atom. The molecule has 1 spiro atoms. The highest BCUT2D eigenvalue weighted by molar-refractivity contribution is 5.93. The van der Waals surface area contributed by atoms with Gasteiger partial charge in [-0.15, -0.1) is 0 Å². The SMILES string of the molecule is CCO[C@H]1C[C@@H](NC(=O)c2cccn2C)C12CCC2. The van der Waals surface area contributed by atoms with Crippen molar-refractivity contribution in [3.05, 3.63) is 24.0 Å². The highest BCUT2D eigenvalue weighted by atomic mass is 16.5. The Hall–Kier alpha value is -1.29. The summed E-state index contributed by atoms with van der Waals surface area (Å²) in [4.78, 5) is 12.2. The van der Waals surface area contributed by atoms with E-state index >= 15 is 0 Å². The van der Waals surface area contributed by atoms with Crippen molar-refractivity contribution in [2.45, 2.75) is 44.8 Å². The lowest BCUT2D eigenvalue weighted by atomic mass is 9.51. The molecule has 1 aromatic rings. The van der Waals surface area contributed by atoms with Crippen molar-refractivity contribution in [2.75, 3.05) is 6.61 Å². The average Bonchev–Trinajstić information content (AvgIpc) is 2.71. The molecule has 0 saturated heterocycles. The Bertz CT molecular complexity index is 476. The van der Waals surface area contributed by atoms with Crippen LogP contribution in [-0.4, -0.2) is 29.2 Å². The molecular weight excluding hydrogens is 240 g/mol. The van der Waals surface area contributed by atoms with E-state index in [0.717, 1.165) is 18.7 Å². The molecule has 2 aliphatic carbocycles. The van der Waals surface area contributed by atoms with Crippen molar-refractivity contribution < 1.29 is 9.53 Å². The van der Waals surface area contributed by atoms with Gasteiger partial charge < -0.3 is 14.6 Å². The third kappa shape index (κ3) is 1.89. The summed E-state index contributed by atoms with van der Waals surface area (Å²) in [6.45, 7) is 2.81. The number of aromatic nitrogens is 1. The zero-order valence-corrected chi connectivity index (χ0v) is 11.7. The van der Waals surface area contributed by atoms with Crippen molar-refractivity contribution in [2.24, 2.45) is 12.5 Å². The molecule has 1 amide bonds. The van der Waals surface area contributed by atoms with Crippen LogP contribution in [0, 0.1) is 5.41 Å². The lowest BCUT2D eigenvalue weighted by Gasteiger charge is -2.60. The summed E-state index contributed by atoms with van der Waals surface area (Å²) in [5.74, 6) is 0.0405. The van der Waals surface area contributed by atoms with Crippen LogP contribution in [0.4, 0.5) is 0 Å². The van der Waals surface area contributed by atoms with Gasteiger partial charge in [-0.25, -0.2) is 0 Å². The van der Waals surface area contributed by atoms with Gasteiger partial charge in [0, 0.05) is 31.3 Å². The van der Waals surface area contributed by atoms with E-state index < -0.39 is 0 Å². The molecule has 2 atom stereocenters. The van der Waals surface area contributed by atoms with Crippen LogP contribution in [0.25, 0.3) is 0 Å².